The molecule has 3 aromatic rings. The molecule has 0 bridgehead atoms. The van der Waals surface area contributed by atoms with Gasteiger partial charge in [-0.3, -0.25) is 14.4 Å². The van der Waals surface area contributed by atoms with Gasteiger partial charge in [-0.2, -0.15) is 4.37 Å². The first-order valence-corrected chi connectivity index (χ1v) is 13.3. The molecule has 1 aromatic carbocycles. The number of aryl methyl sites for hydroxylation is 1. The summed E-state index contributed by atoms with van der Waals surface area (Å²) in [6.45, 7) is 2.18. The number of hydrogen-bond acceptors (Lipinski definition) is 7. The monoisotopic (exact) mass is 511 g/mol. The summed E-state index contributed by atoms with van der Waals surface area (Å²) >= 11 is 2.32. The van der Waals surface area contributed by atoms with E-state index >= 15 is 0 Å². The molecular weight excluding hydrogens is 482 g/mol. The Morgan fingerprint density at radius 3 is 2.46 bits per heavy atom. The van der Waals surface area contributed by atoms with Crippen molar-refractivity contribution in [2.75, 3.05) is 5.73 Å². The van der Waals surface area contributed by atoms with Gasteiger partial charge in [0.25, 0.3) is 11.8 Å². The maximum absolute atomic E-state index is 13.9. The van der Waals surface area contributed by atoms with E-state index in [0.717, 1.165) is 47.7 Å². The smallest absolute Gasteiger partial charge is 0.270 e. The summed E-state index contributed by atoms with van der Waals surface area (Å²) in [5.41, 5.74) is 13.0. The van der Waals surface area contributed by atoms with Crippen LogP contribution < -0.4 is 16.8 Å². The van der Waals surface area contributed by atoms with Gasteiger partial charge in [0.1, 0.15) is 10.9 Å². The van der Waals surface area contributed by atoms with Crippen molar-refractivity contribution in [1.29, 1.82) is 0 Å². The second kappa shape index (κ2) is 11.0. The van der Waals surface area contributed by atoms with Gasteiger partial charge in [0.05, 0.1) is 12.2 Å². The van der Waals surface area contributed by atoms with Crippen LogP contribution in [0.5, 0.6) is 0 Å². The Bertz CT molecular complexity index is 1180. The molecule has 2 heterocycles. The standard InChI is InChI=1S/C25H29N5O3S2/c1-15-9-11-16(12-10-15)21(24(32)28-17-6-3-2-4-7-17)30(14-18-8-5-13-34-18)25(33)22-19(26)20(23(27)31)29-35-22/h5,8-13,17,21H,2-4,6-7,14,26H2,1H3,(H2,27,31)(H,28,32). The first-order valence-electron chi connectivity index (χ1n) is 11.6. The molecule has 1 aliphatic rings. The lowest BCUT2D eigenvalue weighted by Crippen LogP contribution is -2.46. The molecule has 0 spiro atoms. The van der Waals surface area contributed by atoms with E-state index in [9.17, 15) is 14.4 Å². The number of primary amides is 1. The van der Waals surface area contributed by atoms with E-state index in [4.69, 9.17) is 11.5 Å². The summed E-state index contributed by atoms with van der Waals surface area (Å²) in [5, 5.41) is 5.11. The van der Waals surface area contributed by atoms with Crippen molar-refractivity contribution < 1.29 is 14.4 Å². The van der Waals surface area contributed by atoms with E-state index < -0.39 is 17.9 Å². The van der Waals surface area contributed by atoms with Gasteiger partial charge in [0.15, 0.2) is 5.69 Å². The van der Waals surface area contributed by atoms with Gasteiger partial charge in [0, 0.05) is 10.9 Å². The van der Waals surface area contributed by atoms with Crippen molar-refractivity contribution in [1.82, 2.24) is 14.6 Å². The molecule has 1 fully saturated rings. The van der Waals surface area contributed by atoms with E-state index in [0.29, 0.717) is 5.56 Å². The fourth-order valence-electron chi connectivity index (χ4n) is 4.36. The Labute approximate surface area is 212 Å². The number of carbonyl (C=O) groups excluding carboxylic acids is 3. The van der Waals surface area contributed by atoms with Gasteiger partial charge < -0.3 is 21.7 Å². The van der Waals surface area contributed by atoms with Crippen LogP contribution in [0, 0.1) is 6.92 Å². The molecule has 3 amide bonds. The van der Waals surface area contributed by atoms with Crippen molar-refractivity contribution in [3.63, 3.8) is 0 Å². The van der Waals surface area contributed by atoms with Gasteiger partial charge in [-0.15, -0.1) is 11.3 Å². The van der Waals surface area contributed by atoms with Crippen LogP contribution in [0.1, 0.15) is 74.3 Å². The molecule has 1 unspecified atom stereocenters. The quantitative estimate of drug-likeness (QED) is 0.420. The molecular formula is C25H29N5O3S2. The number of hydrogen-bond donors (Lipinski definition) is 3. The van der Waals surface area contributed by atoms with Gasteiger partial charge in [-0.1, -0.05) is 55.2 Å². The molecule has 1 aliphatic carbocycles. The lowest BCUT2D eigenvalue weighted by atomic mass is 9.94. The number of amides is 3. The van der Waals surface area contributed by atoms with Crippen molar-refractivity contribution in [3.8, 4) is 0 Å². The van der Waals surface area contributed by atoms with Crippen LogP contribution in [0.15, 0.2) is 41.8 Å². The summed E-state index contributed by atoms with van der Waals surface area (Å²) in [7, 11) is 0. The van der Waals surface area contributed by atoms with Crippen LogP contribution in [0.2, 0.25) is 0 Å². The van der Waals surface area contributed by atoms with Crippen molar-refractivity contribution in [2.45, 2.75) is 57.7 Å². The Hall–Kier alpha value is -3.24. The summed E-state index contributed by atoms with van der Waals surface area (Å²) in [5.74, 6) is -1.50. The largest absolute Gasteiger partial charge is 0.395 e. The van der Waals surface area contributed by atoms with E-state index in [1.165, 1.54) is 22.7 Å². The highest BCUT2D eigenvalue weighted by Crippen LogP contribution is 2.31. The van der Waals surface area contributed by atoms with Crippen LogP contribution in [-0.4, -0.2) is 33.0 Å². The molecule has 35 heavy (non-hydrogen) atoms. The second-order valence-corrected chi connectivity index (χ2v) is 10.6. The van der Waals surface area contributed by atoms with E-state index in [2.05, 4.69) is 9.69 Å². The molecule has 1 atom stereocenters. The van der Waals surface area contributed by atoms with E-state index in [-0.39, 0.29) is 34.8 Å². The minimum absolute atomic E-state index is 0.0565. The minimum Gasteiger partial charge on any atom is -0.395 e. The molecule has 1 saturated carbocycles. The lowest BCUT2D eigenvalue weighted by Gasteiger charge is -2.33. The van der Waals surface area contributed by atoms with E-state index in [1.807, 2.05) is 48.7 Å². The number of rotatable bonds is 8. The molecule has 0 aliphatic heterocycles. The van der Waals surface area contributed by atoms with Crippen LogP contribution in [0.3, 0.4) is 0 Å². The number of nitrogen functional groups attached to an aromatic ring is 1. The van der Waals surface area contributed by atoms with Crippen LogP contribution in [-0.2, 0) is 11.3 Å². The number of carbonyl (C=O) groups is 3. The minimum atomic E-state index is -0.884. The average Bonchev–Trinajstić information content (AvgIpc) is 3.49. The van der Waals surface area contributed by atoms with Gasteiger partial charge in [-0.05, 0) is 48.3 Å². The highest BCUT2D eigenvalue weighted by atomic mass is 32.1. The molecule has 2 aromatic heterocycles. The van der Waals surface area contributed by atoms with Crippen LogP contribution in [0.4, 0.5) is 5.69 Å². The lowest BCUT2D eigenvalue weighted by molar-refractivity contribution is -0.127. The number of nitrogens with zero attached hydrogens (tertiary/aromatic N) is 2. The summed E-state index contributed by atoms with van der Waals surface area (Å²) in [6.07, 6.45) is 5.17. The number of aromatic nitrogens is 1. The molecule has 0 saturated heterocycles. The number of benzene rings is 1. The fourth-order valence-corrected chi connectivity index (χ4v) is 5.82. The normalized spacial score (nSPS) is 14.9. The van der Waals surface area contributed by atoms with Crippen molar-refractivity contribution in [2.24, 2.45) is 5.73 Å². The molecule has 5 N–H and O–H groups in total. The van der Waals surface area contributed by atoms with Gasteiger partial charge in [-0.25, -0.2) is 0 Å². The third-order valence-corrected chi connectivity index (χ3v) is 7.94. The zero-order chi connectivity index (χ0) is 24.9. The Morgan fingerprint density at radius 2 is 1.86 bits per heavy atom. The molecule has 8 nitrogen and oxygen atoms in total. The first kappa shape index (κ1) is 24.9. The highest BCUT2D eigenvalue weighted by Gasteiger charge is 2.36. The first-order chi connectivity index (χ1) is 16.8. The van der Waals surface area contributed by atoms with Crippen LogP contribution >= 0.6 is 22.9 Å². The maximum atomic E-state index is 13.9. The van der Waals surface area contributed by atoms with Crippen LogP contribution in [0.25, 0.3) is 0 Å². The Balaban J connectivity index is 1.75. The predicted octanol–water partition coefficient (Wildman–Crippen LogP) is 4.03. The zero-order valence-corrected chi connectivity index (χ0v) is 21.2. The number of anilines is 1. The summed E-state index contributed by atoms with van der Waals surface area (Å²) in [6, 6.07) is 10.6. The fraction of sp³-hybridized carbons (Fsp3) is 0.360. The van der Waals surface area contributed by atoms with Gasteiger partial charge in [0.2, 0.25) is 5.91 Å². The molecule has 184 valence electrons. The zero-order valence-electron chi connectivity index (χ0n) is 19.5. The molecule has 0 radical (unpaired) electrons. The predicted molar refractivity (Wildman–Crippen MR) is 138 cm³/mol. The molecule has 4 rings (SSSR count). The highest BCUT2D eigenvalue weighted by molar-refractivity contribution is 7.10. The van der Waals surface area contributed by atoms with Gasteiger partial charge >= 0.3 is 0 Å². The number of thiophene rings is 1. The Kier molecular flexibility index (Phi) is 7.82. The van der Waals surface area contributed by atoms with E-state index in [1.54, 1.807) is 0 Å². The summed E-state index contributed by atoms with van der Waals surface area (Å²) in [4.78, 5) is 41.9. The Morgan fingerprint density at radius 1 is 1.14 bits per heavy atom. The third-order valence-electron chi connectivity index (χ3n) is 6.23. The van der Waals surface area contributed by atoms with Crippen molar-refractivity contribution in [3.05, 3.63) is 68.4 Å². The number of nitrogens with two attached hydrogens (primary N) is 2. The summed E-state index contributed by atoms with van der Waals surface area (Å²) < 4.78 is 3.99. The molecule has 10 heteroatoms. The van der Waals surface area contributed by atoms with Crippen molar-refractivity contribution >= 4 is 46.3 Å². The number of nitrogens with one attached hydrogen (secondary N) is 1. The SMILES string of the molecule is Cc1ccc(C(C(=O)NC2CCCCC2)N(Cc2cccs2)C(=O)c2snc(C(N)=O)c2N)cc1. The average molecular weight is 512 g/mol. The third kappa shape index (κ3) is 5.71. The topological polar surface area (TPSA) is 131 Å². The second-order valence-electron chi connectivity index (χ2n) is 8.81. The maximum Gasteiger partial charge on any atom is 0.270 e.